The molecule has 1 unspecified atom stereocenters. The molecule has 0 aliphatic heterocycles. The van der Waals surface area contributed by atoms with E-state index in [2.05, 4.69) is 5.32 Å². The number of ether oxygens (including phenoxy) is 2. The number of nitrogens with two attached hydrogens (primary N) is 1. The second-order valence-electron chi connectivity index (χ2n) is 4.36. The molecule has 0 fully saturated rings. The molecule has 1 atom stereocenters. The SMILES string of the molecule is COc1ccc(OC)c(CCNC(=O)C(C)CN)c1.Cl. The summed E-state index contributed by atoms with van der Waals surface area (Å²) in [5.74, 6) is 1.39. The minimum atomic E-state index is -0.160. The van der Waals surface area contributed by atoms with Gasteiger partial charge in [-0.3, -0.25) is 4.79 Å². The molecule has 5 nitrogen and oxygen atoms in total. The zero-order valence-electron chi connectivity index (χ0n) is 12.1. The highest BCUT2D eigenvalue weighted by atomic mass is 35.5. The number of methoxy groups -OCH3 is 2. The molecule has 1 amide bonds. The predicted molar refractivity (Wildman–Crippen MR) is 81.7 cm³/mol. The van der Waals surface area contributed by atoms with Crippen LogP contribution in [0.25, 0.3) is 0 Å². The molecule has 0 spiro atoms. The number of benzene rings is 1. The third kappa shape index (κ3) is 5.27. The summed E-state index contributed by atoms with van der Waals surface area (Å²) in [6.45, 7) is 2.71. The lowest BCUT2D eigenvalue weighted by Gasteiger charge is -2.12. The lowest BCUT2D eigenvalue weighted by atomic mass is 10.1. The smallest absolute Gasteiger partial charge is 0.224 e. The first kappa shape index (κ1) is 18.5. The van der Waals surface area contributed by atoms with Crippen molar-refractivity contribution in [3.63, 3.8) is 0 Å². The highest BCUT2D eigenvalue weighted by molar-refractivity contribution is 5.85. The molecule has 0 aliphatic carbocycles. The highest BCUT2D eigenvalue weighted by Gasteiger charge is 2.10. The molecular formula is C14H23ClN2O3. The Morgan fingerprint density at radius 2 is 2.05 bits per heavy atom. The van der Waals surface area contributed by atoms with E-state index in [1.807, 2.05) is 25.1 Å². The Morgan fingerprint density at radius 1 is 1.35 bits per heavy atom. The van der Waals surface area contributed by atoms with Crippen molar-refractivity contribution in [1.29, 1.82) is 0 Å². The lowest BCUT2D eigenvalue weighted by molar-refractivity contribution is -0.124. The minimum Gasteiger partial charge on any atom is -0.497 e. The van der Waals surface area contributed by atoms with Crippen molar-refractivity contribution in [2.45, 2.75) is 13.3 Å². The minimum absolute atomic E-state index is 0. The maximum atomic E-state index is 11.6. The standard InChI is InChI=1S/C14H22N2O3.ClH/c1-10(9-15)14(17)16-7-6-11-8-12(18-2)4-5-13(11)19-3;/h4-5,8,10H,6-7,9,15H2,1-3H3,(H,16,17);1H. The van der Waals surface area contributed by atoms with E-state index in [9.17, 15) is 4.79 Å². The molecule has 0 saturated heterocycles. The summed E-state index contributed by atoms with van der Waals surface area (Å²) in [5.41, 5.74) is 6.44. The zero-order chi connectivity index (χ0) is 14.3. The second kappa shape index (κ2) is 9.44. The Hall–Kier alpha value is -1.46. The summed E-state index contributed by atoms with van der Waals surface area (Å²) in [5, 5.41) is 2.86. The first-order chi connectivity index (χ1) is 9.12. The van der Waals surface area contributed by atoms with Gasteiger partial charge < -0.3 is 20.5 Å². The predicted octanol–water partition coefficient (Wildman–Crippen LogP) is 1.38. The number of amides is 1. The quantitative estimate of drug-likeness (QED) is 0.798. The van der Waals surface area contributed by atoms with Gasteiger partial charge in [-0.15, -0.1) is 12.4 Å². The van der Waals surface area contributed by atoms with E-state index < -0.39 is 0 Å². The average Bonchev–Trinajstić information content (AvgIpc) is 2.45. The van der Waals surface area contributed by atoms with Crippen molar-refractivity contribution in [2.75, 3.05) is 27.3 Å². The van der Waals surface area contributed by atoms with E-state index in [1.165, 1.54) is 0 Å². The molecule has 0 bridgehead atoms. The van der Waals surface area contributed by atoms with Crippen LogP contribution in [0, 0.1) is 5.92 Å². The van der Waals surface area contributed by atoms with Crippen molar-refractivity contribution in [3.05, 3.63) is 23.8 Å². The van der Waals surface area contributed by atoms with Gasteiger partial charge in [0, 0.05) is 19.0 Å². The molecule has 1 aromatic rings. The Labute approximate surface area is 126 Å². The molecule has 0 aliphatic rings. The van der Waals surface area contributed by atoms with Crippen molar-refractivity contribution < 1.29 is 14.3 Å². The summed E-state index contributed by atoms with van der Waals surface area (Å²) in [4.78, 5) is 11.6. The Bertz CT molecular complexity index is 427. The maximum absolute atomic E-state index is 11.6. The maximum Gasteiger partial charge on any atom is 0.224 e. The largest absolute Gasteiger partial charge is 0.497 e. The van der Waals surface area contributed by atoms with Crippen LogP contribution < -0.4 is 20.5 Å². The third-order valence-electron chi connectivity index (χ3n) is 2.98. The number of hydrogen-bond acceptors (Lipinski definition) is 4. The molecule has 3 N–H and O–H groups in total. The van der Waals surface area contributed by atoms with Crippen molar-refractivity contribution in [2.24, 2.45) is 11.7 Å². The average molecular weight is 303 g/mol. The Morgan fingerprint density at radius 3 is 2.60 bits per heavy atom. The van der Waals surface area contributed by atoms with E-state index in [0.717, 1.165) is 17.1 Å². The van der Waals surface area contributed by atoms with Crippen LogP contribution in [0.5, 0.6) is 11.5 Å². The van der Waals surface area contributed by atoms with Crippen molar-refractivity contribution in [1.82, 2.24) is 5.32 Å². The molecule has 6 heteroatoms. The molecular weight excluding hydrogens is 280 g/mol. The molecule has 0 radical (unpaired) electrons. The highest BCUT2D eigenvalue weighted by Crippen LogP contribution is 2.24. The van der Waals surface area contributed by atoms with Gasteiger partial charge in [-0.2, -0.15) is 0 Å². The van der Waals surface area contributed by atoms with Gasteiger partial charge in [0.1, 0.15) is 11.5 Å². The monoisotopic (exact) mass is 302 g/mol. The van der Waals surface area contributed by atoms with Crippen LogP contribution in [0.3, 0.4) is 0 Å². The fourth-order valence-electron chi connectivity index (χ4n) is 1.68. The second-order valence-corrected chi connectivity index (χ2v) is 4.36. The topological polar surface area (TPSA) is 73.6 Å². The molecule has 0 aromatic heterocycles. The van der Waals surface area contributed by atoms with Crippen LogP contribution in [0.15, 0.2) is 18.2 Å². The molecule has 1 aromatic carbocycles. The van der Waals surface area contributed by atoms with E-state index in [-0.39, 0.29) is 24.2 Å². The van der Waals surface area contributed by atoms with Crippen LogP contribution in [0.2, 0.25) is 0 Å². The van der Waals surface area contributed by atoms with Gasteiger partial charge in [0.2, 0.25) is 5.91 Å². The first-order valence-corrected chi connectivity index (χ1v) is 6.31. The zero-order valence-corrected chi connectivity index (χ0v) is 13.0. The summed E-state index contributed by atoms with van der Waals surface area (Å²) in [7, 11) is 3.25. The van der Waals surface area contributed by atoms with E-state index >= 15 is 0 Å². The number of hydrogen-bond donors (Lipinski definition) is 2. The van der Waals surface area contributed by atoms with Crippen LogP contribution in [-0.4, -0.2) is 33.2 Å². The lowest BCUT2D eigenvalue weighted by Crippen LogP contribution is -2.34. The Balaban J connectivity index is 0.00000361. The molecule has 20 heavy (non-hydrogen) atoms. The van der Waals surface area contributed by atoms with Gasteiger partial charge >= 0.3 is 0 Å². The number of carbonyl (C=O) groups excluding carboxylic acids is 1. The van der Waals surface area contributed by atoms with Gasteiger partial charge in [-0.05, 0) is 30.2 Å². The number of halogens is 1. The van der Waals surface area contributed by atoms with Crippen molar-refractivity contribution in [3.8, 4) is 11.5 Å². The van der Waals surface area contributed by atoms with E-state index in [0.29, 0.717) is 19.5 Å². The summed E-state index contributed by atoms with van der Waals surface area (Å²) >= 11 is 0. The molecule has 1 rings (SSSR count). The normalized spacial score (nSPS) is 11.2. The number of carbonyl (C=O) groups is 1. The third-order valence-corrected chi connectivity index (χ3v) is 2.98. The van der Waals surface area contributed by atoms with Gasteiger partial charge in [0.25, 0.3) is 0 Å². The Kier molecular flexibility index (Phi) is 8.76. The summed E-state index contributed by atoms with van der Waals surface area (Å²) in [6, 6.07) is 5.62. The number of nitrogens with one attached hydrogen (secondary N) is 1. The van der Waals surface area contributed by atoms with Crippen LogP contribution in [-0.2, 0) is 11.2 Å². The van der Waals surface area contributed by atoms with Crippen LogP contribution >= 0.6 is 12.4 Å². The summed E-state index contributed by atoms with van der Waals surface area (Å²) < 4.78 is 10.5. The van der Waals surface area contributed by atoms with E-state index in [1.54, 1.807) is 14.2 Å². The molecule has 114 valence electrons. The van der Waals surface area contributed by atoms with E-state index in [4.69, 9.17) is 15.2 Å². The number of rotatable bonds is 7. The van der Waals surface area contributed by atoms with Gasteiger partial charge in [-0.1, -0.05) is 6.92 Å². The van der Waals surface area contributed by atoms with Gasteiger partial charge in [0.05, 0.1) is 14.2 Å². The first-order valence-electron chi connectivity index (χ1n) is 6.31. The van der Waals surface area contributed by atoms with Crippen molar-refractivity contribution >= 4 is 18.3 Å². The fourth-order valence-corrected chi connectivity index (χ4v) is 1.68. The van der Waals surface area contributed by atoms with Crippen LogP contribution in [0.1, 0.15) is 12.5 Å². The van der Waals surface area contributed by atoms with Gasteiger partial charge in [-0.25, -0.2) is 0 Å². The fraction of sp³-hybridized carbons (Fsp3) is 0.500. The van der Waals surface area contributed by atoms with Gasteiger partial charge in [0.15, 0.2) is 0 Å². The molecule has 0 saturated carbocycles. The molecule has 0 heterocycles. The summed E-state index contributed by atoms with van der Waals surface area (Å²) in [6.07, 6.45) is 0.684. The van der Waals surface area contributed by atoms with Crippen LogP contribution in [0.4, 0.5) is 0 Å².